The SMILES string of the molecule is CCC(=O)N1N=C(c2cc(OC)ccc2OC)C[C@H]1c1ccccc1O. The molecule has 1 atom stereocenters. The number of nitrogens with zero attached hydrogens (tertiary/aromatic N) is 2. The molecule has 0 saturated heterocycles. The number of benzene rings is 2. The van der Waals surface area contributed by atoms with Crippen molar-refractivity contribution in [2.75, 3.05) is 14.2 Å². The average molecular weight is 354 g/mol. The lowest BCUT2D eigenvalue weighted by molar-refractivity contribution is -0.132. The Hall–Kier alpha value is -3.02. The molecule has 3 rings (SSSR count). The highest BCUT2D eigenvalue weighted by molar-refractivity contribution is 6.05. The molecule has 1 aliphatic heterocycles. The Morgan fingerprint density at radius 1 is 1.23 bits per heavy atom. The van der Waals surface area contributed by atoms with Crippen LogP contribution in [0.2, 0.25) is 0 Å². The molecular formula is C20H22N2O4. The van der Waals surface area contributed by atoms with Crippen LogP contribution >= 0.6 is 0 Å². The van der Waals surface area contributed by atoms with Crippen molar-refractivity contribution < 1.29 is 19.4 Å². The molecule has 0 bridgehead atoms. The van der Waals surface area contributed by atoms with Gasteiger partial charge in [-0.25, -0.2) is 5.01 Å². The summed E-state index contributed by atoms with van der Waals surface area (Å²) in [5.41, 5.74) is 2.17. The molecule has 6 nitrogen and oxygen atoms in total. The molecule has 26 heavy (non-hydrogen) atoms. The molecule has 0 aliphatic carbocycles. The third-order valence-corrected chi connectivity index (χ3v) is 4.48. The zero-order valence-corrected chi connectivity index (χ0v) is 15.1. The van der Waals surface area contributed by atoms with E-state index >= 15 is 0 Å². The molecule has 0 radical (unpaired) electrons. The third kappa shape index (κ3) is 3.22. The number of methoxy groups -OCH3 is 2. The second-order valence-corrected chi connectivity index (χ2v) is 5.98. The lowest BCUT2D eigenvalue weighted by Crippen LogP contribution is -2.26. The van der Waals surface area contributed by atoms with Crippen molar-refractivity contribution in [2.24, 2.45) is 5.10 Å². The van der Waals surface area contributed by atoms with Gasteiger partial charge in [-0.2, -0.15) is 5.10 Å². The second kappa shape index (κ2) is 7.47. The fourth-order valence-corrected chi connectivity index (χ4v) is 3.12. The number of hydrazone groups is 1. The van der Waals surface area contributed by atoms with E-state index in [2.05, 4.69) is 5.10 Å². The summed E-state index contributed by atoms with van der Waals surface area (Å²) in [5, 5.41) is 16.3. The number of phenols is 1. The van der Waals surface area contributed by atoms with Gasteiger partial charge < -0.3 is 14.6 Å². The smallest absolute Gasteiger partial charge is 0.242 e. The minimum absolute atomic E-state index is 0.102. The quantitative estimate of drug-likeness (QED) is 0.892. The van der Waals surface area contributed by atoms with Gasteiger partial charge in [-0.15, -0.1) is 0 Å². The van der Waals surface area contributed by atoms with Gasteiger partial charge in [0.25, 0.3) is 0 Å². The minimum Gasteiger partial charge on any atom is -0.508 e. The summed E-state index contributed by atoms with van der Waals surface area (Å²) in [5.74, 6) is 1.39. The minimum atomic E-state index is -0.352. The van der Waals surface area contributed by atoms with Crippen molar-refractivity contribution in [3.05, 3.63) is 53.6 Å². The largest absolute Gasteiger partial charge is 0.508 e. The van der Waals surface area contributed by atoms with Crippen LogP contribution in [-0.2, 0) is 4.79 Å². The van der Waals surface area contributed by atoms with E-state index in [1.807, 2.05) is 30.3 Å². The number of para-hydroxylation sites is 1. The number of phenolic OH excluding ortho intramolecular Hbond substituents is 1. The summed E-state index contributed by atoms with van der Waals surface area (Å²) in [6, 6.07) is 12.2. The normalized spacial score (nSPS) is 16.3. The molecule has 2 aromatic rings. The number of amides is 1. The van der Waals surface area contributed by atoms with Crippen LogP contribution in [0.15, 0.2) is 47.6 Å². The average Bonchev–Trinajstić information content (AvgIpc) is 3.12. The number of aromatic hydroxyl groups is 1. The number of carbonyl (C=O) groups excluding carboxylic acids is 1. The Balaban J connectivity index is 2.05. The number of rotatable bonds is 5. The molecule has 1 amide bonds. The van der Waals surface area contributed by atoms with Gasteiger partial charge in [0, 0.05) is 24.0 Å². The summed E-state index contributed by atoms with van der Waals surface area (Å²) >= 11 is 0. The van der Waals surface area contributed by atoms with Gasteiger partial charge >= 0.3 is 0 Å². The van der Waals surface area contributed by atoms with E-state index in [0.29, 0.717) is 29.9 Å². The molecule has 0 spiro atoms. The number of hydrogen-bond acceptors (Lipinski definition) is 5. The first kappa shape index (κ1) is 17.8. The van der Waals surface area contributed by atoms with Gasteiger partial charge in [0.15, 0.2) is 0 Å². The van der Waals surface area contributed by atoms with E-state index in [0.717, 1.165) is 11.3 Å². The maximum atomic E-state index is 12.4. The van der Waals surface area contributed by atoms with Crippen molar-refractivity contribution in [2.45, 2.75) is 25.8 Å². The first-order valence-corrected chi connectivity index (χ1v) is 8.48. The fourth-order valence-electron chi connectivity index (χ4n) is 3.12. The van der Waals surface area contributed by atoms with Crippen LogP contribution in [0.1, 0.15) is 36.9 Å². The zero-order valence-electron chi connectivity index (χ0n) is 15.1. The lowest BCUT2D eigenvalue weighted by Gasteiger charge is -2.22. The lowest BCUT2D eigenvalue weighted by atomic mass is 9.97. The molecule has 6 heteroatoms. The molecule has 0 aromatic heterocycles. The highest BCUT2D eigenvalue weighted by Crippen LogP contribution is 2.39. The molecule has 1 N–H and O–H groups in total. The fraction of sp³-hybridized carbons (Fsp3) is 0.300. The third-order valence-electron chi connectivity index (χ3n) is 4.48. The van der Waals surface area contributed by atoms with E-state index in [4.69, 9.17) is 9.47 Å². The standard InChI is InChI=1S/C20H22N2O4/c1-4-20(24)22-17(14-7-5-6-8-18(14)23)12-16(21-22)15-11-13(25-2)9-10-19(15)26-3/h5-11,17,23H,4,12H2,1-3H3/t17-/m0/s1. The summed E-state index contributed by atoms with van der Waals surface area (Å²) in [6.45, 7) is 1.80. The number of carbonyl (C=O) groups is 1. The molecule has 2 aromatic carbocycles. The summed E-state index contributed by atoms with van der Waals surface area (Å²) in [6.07, 6.45) is 0.808. The van der Waals surface area contributed by atoms with E-state index < -0.39 is 0 Å². The summed E-state index contributed by atoms with van der Waals surface area (Å²) < 4.78 is 10.8. The summed E-state index contributed by atoms with van der Waals surface area (Å²) in [4.78, 5) is 12.4. The van der Waals surface area contributed by atoms with Crippen LogP contribution in [0.5, 0.6) is 17.2 Å². The van der Waals surface area contributed by atoms with Crippen LogP contribution < -0.4 is 9.47 Å². The summed E-state index contributed by atoms with van der Waals surface area (Å²) in [7, 11) is 3.19. The Bertz CT molecular complexity index is 847. The van der Waals surface area contributed by atoms with Crippen molar-refractivity contribution >= 4 is 11.6 Å². The van der Waals surface area contributed by atoms with Crippen molar-refractivity contribution in [1.29, 1.82) is 0 Å². The molecule has 1 heterocycles. The van der Waals surface area contributed by atoms with Gasteiger partial charge in [-0.3, -0.25) is 4.79 Å². The highest BCUT2D eigenvalue weighted by atomic mass is 16.5. The van der Waals surface area contributed by atoms with Gasteiger partial charge in [0.05, 0.1) is 26.0 Å². The molecule has 0 fully saturated rings. The molecule has 136 valence electrons. The number of ether oxygens (including phenoxy) is 2. The Morgan fingerprint density at radius 3 is 2.65 bits per heavy atom. The molecular weight excluding hydrogens is 332 g/mol. The van der Waals surface area contributed by atoms with Crippen LogP contribution in [0, 0.1) is 0 Å². The van der Waals surface area contributed by atoms with Crippen LogP contribution in [0.3, 0.4) is 0 Å². The van der Waals surface area contributed by atoms with E-state index in [9.17, 15) is 9.90 Å². The van der Waals surface area contributed by atoms with E-state index in [1.165, 1.54) is 5.01 Å². The van der Waals surface area contributed by atoms with E-state index in [1.54, 1.807) is 33.3 Å². The maximum absolute atomic E-state index is 12.4. The Morgan fingerprint density at radius 2 is 2.00 bits per heavy atom. The molecule has 1 aliphatic rings. The predicted octanol–water partition coefficient (Wildman–Crippen LogP) is 3.50. The van der Waals surface area contributed by atoms with E-state index in [-0.39, 0.29) is 17.7 Å². The van der Waals surface area contributed by atoms with Gasteiger partial charge in [0.2, 0.25) is 5.91 Å². The van der Waals surface area contributed by atoms with Crippen molar-refractivity contribution in [3.63, 3.8) is 0 Å². The van der Waals surface area contributed by atoms with Gasteiger partial charge in [-0.05, 0) is 24.3 Å². The predicted molar refractivity (Wildman–Crippen MR) is 98.7 cm³/mol. The van der Waals surface area contributed by atoms with Crippen molar-refractivity contribution in [1.82, 2.24) is 5.01 Å². The van der Waals surface area contributed by atoms with Gasteiger partial charge in [0.1, 0.15) is 17.2 Å². The van der Waals surface area contributed by atoms with Crippen LogP contribution in [0.25, 0.3) is 0 Å². The van der Waals surface area contributed by atoms with Gasteiger partial charge in [-0.1, -0.05) is 25.1 Å². The topological polar surface area (TPSA) is 71.4 Å². The zero-order chi connectivity index (χ0) is 18.7. The van der Waals surface area contributed by atoms with Crippen LogP contribution in [-0.4, -0.2) is 36.0 Å². The first-order chi connectivity index (χ1) is 12.6. The highest BCUT2D eigenvalue weighted by Gasteiger charge is 2.34. The molecule has 0 saturated carbocycles. The molecule has 0 unspecified atom stereocenters. The Labute approximate surface area is 152 Å². The monoisotopic (exact) mass is 354 g/mol. The maximum Gasteiger partial charge on any atom is 0.242 e. The van der Waals surface area contributed by atoms with Crippen LogP contribution in [0.4, 0.5) is 0 Å². The first-order valence-electron chi connectivity index (χ1n) is 8.48. The number of hydrogen-bond donors (Lipinski definition) is 1. The van der Waals surface area contributed by atoms with Crippen molar-refractivity contribution in [3.8, 4) is 17.2 Å². The second-order valence-electron chi connectivity index (χ2n) is 5.98. The Kier molecular flexibility index (Phi) is 5.11.